The van der Waals surface area contributed by atoms with Crippen LogP contribution in [-0.2, 0) is 6.42 Å². The highest BCUT2D eigenvalue weighted by atomic mass is 79.9. The monoisotopic (exact) mass is 300 g/mol. The summed E-state index contributed by atoms with van der Waals surface area (Å²) >= 11 is 3.29. The van der Waals surface area contributed by atoms with Gasteiger partial charge in [-0.3, -0.25) is 10.1 Å². The van der Waals surface area contributed by atoms with Gasteiger partial charge in [-0.1, -0.05) is 12.1 Å². The molecule has 0 radical (unpaired) electrons. The van der Waals surface area contributed by atoms with Gasteiger partial charge in [0.05, 0.1) is 9.40 Å². The van der Waals surface area contributed by atoms with E-state index < -0.39 is 0 Å². The molecule has 0 unspecified atom stereocenters. The normalized spacial score (nSPS) is 11.5. The molecule has 0 aromatic heterocycles. The molecule has 0 saturated heterocycles. The molecule has 0 saturated carbocycles. The zero-order chi connectivity index (χ0) is 13.1. The summed E-state index contributed by atoms with van der Waals surface area (Å²) in [5.41, 5.74) is 1.14. The van der Waals surface area contributed by atoms with Crippen LogP contribution in [0.3, 0.4) is 0 Å². The van der Waals surface area contributed by atoms with E-state index in [0.29, 0.717) is 4.47 Å². The predicted molar refractivity (Wildman–Crippen MR) is 72.3 cm³/mol. The summed E-state index contributed by atoms with van der Waals surface area (Å²) in [4.78, 5) is 10.4. The van der Waals surface area contributed by atoms with E-state index in [-0.39, 0.29) is 16.1 Å². The second-order valence-corrected chi connectivity index (χ2v) is 5.73. The van der Waals surface area contributed by atoms with Gasteiger partial charge in [0.1, 0.15) is 0 Å². The van der Waals surface area contributed by atoms with Crippen molar-refractivity contribution in [1.29, 1.82) is 0 Å². The Labute approximate surface area is 110 Å². The molecule has 1 aromatic rings. The van der Waals surface area contributed by atoms with Gasteiger partial charge in [-0.15, -0.1) is 0 Å². The highest BCUT2D eigenvalue weighted by molar-refractivity contribution is 9.10. The molecule has 1 aromatic carbocycles. The molecule has 0 spiro atoms. The third kappa shape index (κ3) is 4.44. The Hall–Kier alpha value is -0.940. The van der Waals surface area contributed by atoms with E-state index in [2.05, 4.69) is 42.0 Å². The second-order valence-electron chi connectivity index (χ2n) is 4.93. The molecular formula is C12H17BrN2O2. The number of hydrogen-bond donors (Lipinski definition) is 1. The Morgan fingerprint density at radius 2 is 2.06 bits per heavy atom. The van der Waals surface area contributed by atoms with Crippen molar-refractivity contribution >= 4 is 21.6 Å². The molecule has 1 N–H and O–H groups in total. The van der Waals surface area contributed by atoms with Crippen LogP contribution >= 0.6 is 15.9 Å². The van der Waals surface area contributed by atoms with E-state index in [1.165, 1.54) is 6.07 Å². The summed E-state index contributed by atoms with van der Waals surface area (Å²) in [6, 6.07) is 5.13. The van der Waals surface area contributed by atoms with Gasteiger partial charge in [0, 0.05) is 11.6 Å². The van der Waals surface area contributed by atoms with Crippen LogP contribution in [-0.4, -0.2) is 17.0 Å². The number of nitrogens with one attached hydrogen (secondary N) is 1. The Kier molecular flexibility index (Phi) is 4.65. The van der Waals surface area contributed by atoms with Gasteiger partial charge in [-0.2, -0.15) is 0 Å². The Bertz CT molecular complexity index is 413. The van der Waals surface area contributed by atoms with Crippen LogP contribution in [0.25, 0.3) is 0 Å². The first-order valence-corrected chi connectivity index (χ1v) is 6.27. The van der Waals surface area contributed by atoms with Gasteiger partial charge >= 0.3 is 0 Å². The fourth-order valence-electron chi connectivity index (χ4n) is 1.47. The van der Waals surface area contributed by atoms with Crippen LogP contribution in [0.4, 0.5) is 5.69 Å². The van der Waals surface area contributed by atoms with E-state index in [4.69, 9.17) is 0 Å². The van der Waals surface area contributed by atoms with Gasteiger partial charge in [0.2, 0.25) is 0 Å². The summed E-state index contributed by atoms with van der Waals surface area (Å²) in [7, 11) is 0. The van der Waals surface area contributed by atoms with Crippen molar-refractivity contribution in [2.75, 3.05) is 6.54 Å². The van der Waals surface area contributed by atoms with Gasteiger partial charge in [0.15, 0.2) is 0 Å². The molecule has 0 atom stereocenters. The molecule has 0 aliphatic heterocycles. The zero-order valence-electron chi connectivity index (χ0n) is 10.3. The molecule has 1 rings (SSSR count). The topological polar surface area (TPSA) is 55.2 Å². The SMILES string of the molecule is CC(C)(C)NCCc1cccc([N+](=O)[O-])c1Br. The van der Waals surface area contributed by atoms with Crippen LogP contribution in [0.5, 0.6) is 0 Å². The van der Waals surface area contributed by atoms with Crippen LogP contribution in [0, 0.1) is 10.1 Å². The molecule has 17 heavy (non-hydrogen) atoms. The summed E-state index contributed by atoms with van der Waals surface area (Å²) < 4.78 is 0.584. The Morgan fingerprint density at radius 3 is 2.59 bits per heavy atom. The largest absolute Gasteiger partial charge is 0.312 e. The molecule has 4 nitrogen and oxygen atoms in total. The minimum absolute atomic E-state index is 0.0627. The molecule has 0 fully saturated rings. The van der Waals surface area contributed by atoms with Crippen LogP contribution in [0.2, 0.25) is 0 Å². The number of halogens is 1. The third-order valence-corrected chi connectivity index (χ3v) is 3.22. The lowest BCUT2D eigenvalue weighted by atomic mass is 10.1. The third-order valence-electron chi connectivity index (χ3n) is 2.30. The Morgan fingerprint density at radius 1 is 1.41 bits per heavy atom. The van der Waals surface area contributed by atoms with E-state index in [0.717, 1.165) is 18.5 Å². The number of hydrogen-bond acceptors (Lipinski definition) is 3. The lowest BCUT2D eigenvalue weighted by Gasteiger charge is -2.20. The smallest absolute Gasteiger partial charge is 0.283 e. The maximum Gasteiger partial charge on any atom is 0.283 e. The van der Waals surface area contributed by atoms with E-state index in [1.807, 2.05) is 6.07 Å². The van der Waals surface area contributed by atoms with E-state index in [1.54, 1.807) is 6.07 Å². The van der Waals surface area contributed by atoms with Gasteiger partial charge in [0.25, 0.3) is 5.69 Å². The van der Waals surface area contributed by atoms with Crippen molar-refractivity contribution in [3.8, 4) is 0 Å². The van der Waals surface area contributed by atoms with Crippen molar-refractivity contribution in [3.63, 3.8) is 0 Å². The first-order valence-electron chi connectivity index (χ1n) is 5.48. The number of nitrogens with zero attached hydrogens (tertiary/aromatic N) is 1. The number of nitro groups is 1. The van der Waals surface area contributed by atoms with Gasteiger partial charge in [-0.05, 0) is 55.2 Å². The maximum absolute atomic E-state index is 10.8. The summed E-state index contributed by atoms with van der Waals surface area (Å²) in [5.74, 6) is 0. The molecule has 5 heteroatoms. The lowest BCUT2D eigenvalue weighted by molar-refractivity contribution is -0.385. The van der Waals surface area contributed by atoms with Crippen molar-refractivity contribution in [2.45, 2.75) is 32.7 Å². The molecule has 0 amide bonds. The van der Waals surface area contributed by atoms with Crippen molar-refractivity contribution in [1.82, 2.24) is 5.32 Å². The molecule has 94 valence electrons. The standard InChI is InChI=1S/C12H17BrN2O2/c1-12(2,3)14-8-7-9-5-4-6-10(11(9)13)15(16)17/h4-6,14H,7-8H2,1-3H3. The quantitative estimate of drug-likeness (QED) is 0.686. The fraction of sp³-hybridized carbons (Fsp3) is 0.500. The number of rotatable bonds is 4. The summed E-state index contributed by atoms with van der Waals surface area (Å²) in [6.45, 7) is 7.07. The average Bonchev–Trinajstić information content (AvgIpc) is 2.18. The second kappa shape index (κ2) is 5.60. The minimum Gasteiger partial charge on any atom is -0.312 e. The summed E-state index contributed by atoms with van der Waals surface area (Å²) in [6.07, 6.45) is 0.763. The van der Waals surface area contributed by atoms with Crippen LogP contribution in [0.15, 0.2) is 22.7 Å². The fourth-order valence-corrected chi connectivity index (χ4v) is 2.08. The zero-order valence-corrected chi connectivity index (χ0v) is 11.9. The molecule has 0 heterocycles. The van der Waals surface area contributed by atoms with Crippen molar-refractivity contribution in [2.24, 2.45) is 0 Å². The lowest BCUT2D eigenvalue weighted by Crippen LogP contribution is -2.37. The first kappa shape index (κ1) is 14.1. The summed E-state index contributed by atoms with van der Waals surface area (Å²) in [5, 5.41) is 14.1. The molecule has 0 aliphatic carbocycles. The predicted octanol–water partition coefficient (Wildman–Crippen LogP) is 3.29. The number of benzene rings is 1. The van der Waals surface area contributed by atoms with Crippen molar-refractivity contribution < 1.29 is 4.92 Å². The van der Waals surface area contributed by atoms with E-state index in [9.17, 15) is 10.1 Å². The Balaban J connectivity index is 2.72. The van der Waals surface area contributed by atoms with Gasteiger partial charge < -0.3 is 5.32 Å². The van der Waals surface area contributed by atoms with Crippen LogP contribution < -0.4 is 5.32 Å². The average molecular weight is 301 g/mol. The molecular weight excluding hydrogens is 284 g/mol. The molecule has 0 aliphatic rings. The first-order chi connectivity index (χ1) is 7.81. The maximum atomic E-state index is 10.8. The minimum atomic E-state index is -0.370. The highest BCUT2D eigenvalue weighted by Crippen LogP contribution is 2.28. The van der Waals surface area contributed by atoms with Crippen molar-refractivity contribution in [3.05, 3.63) is 38.3 Å². The molecule has 0 bridgehead atoms. The number of nitro benzene ring substituents is 1. The van der Waals surface area contributed by atoms with Gasteiger partial charge in [-0.25, -0.2) is 0 Å². The highest BCUT2D eigenvalue weighted by Gasteiger charge is 2.15. The van der Waals surface area contributed by atoms with Crippen LogP contribution in [0.1, 0.15) is 26.3 Å². The van der Waals surface area contributed by atoms with E-state index >= 15 is 0 Å².